The van der Waals surface area contributed by atoms with Crippen LogP contribution in [0.5, 0.6) is 5.75 Å². The normalized spacial score (nSPS) is 17.0. The third-order valence-corrected chi connectivity index (χ3v) is 5.27. The van der Waals surface area contributed by atoms with Gasteiger partial charge in [0.05, 0.1) is 17.8 Å². The zero-order valence-electron chi connectivity index (χ0n) is 13.4. The maximum atomic E-state index is 12.1. The first-order valence-corrected chi connectivity index (χ1v) is 8.96. The van der Waals surface area contributed by atoms with E-state index < -0.39 is 0 Å². The first kappa shape index (κ1) is 16.0. The number of nitrogens with one attached hydrogen (secondary N) is 1. The van der Waals surface area contributed by atoms with Gasteiger partial charge < -0.3 is 10.1 Å². The topological polar surface area (TPSA) is 51.2 Å². The first-order valence-electron chi connectivity index (χ1n) is 8.08. The minimum absolute atomic E-state index is 0.122. The summed E-state index contributed by atoms with van der Waals surface area (Å²) in [6.07, 6.45) is 3.25. The molecule has 0 saturated carbocycles. The van der Waals surface area contributed by atoms with Gasteiger partial charge in [0.15, 0.2) is 0 Å². The number of para-hydroxylation sites is 1. The Morgan fingerprint density at radius 1 is 1.43 bits per heavy atom. The summed E-state index contributed by atoms with van der Waals surface area (Å²) in [5, 5.41) is 3.08. The number of hydrogen-bond acceptors (Lipinski definition) is 4. The number of hydrogen-bond donors (Lipinski definition) is 1. The van der Waals surface area contributed by atoms with Crippen LogP contribution in [-0.4, -0.2) is 24.0 Å². The van der Waals surface area contributed by atoms with Crippen molar-refractivity contribution in [3.8, 4) is 5.75 Å². The van der Waals surface area contributed by atoms with Crippen LogP contribution in [0.4, 0.5) is 0 Å². The number of benzene rings is 1. The summed E-state index contributed by atoms with van der Waals surface area (Å²) in [7, 11) is 0. The fourth-order valence-electron chi connectivity index (χ4n) is 2.88. The Labute approximate surface area is 140 Å². The van der Waals surface area contributed by atoms with E-state index in [2.05, 4.69) is 16.4 Å². The number of rotatable bonds is 5. The fraction of sp³-hybridized carbons (Fsp3) is 0.444. The fourth-order valence-corrected chi connectivity index (χ4v) is 3.66. The summed E-state index contributed by atoms with van der Waals surface area (Å²) >= 11 is 1.63. The van der Waals surface area contributed by atoms with Crippen molar-refractivity contribution in [2.75, 3.05) is 13.2 Å². The number of ether oxygens (including phenoxy) is 1. The molecule has 0 aliphatic carbocycles. The van der Waals surface area contributed by atoms with Gasteiger partial charge in [-0.1, -0.05) is 18.2 Å². The highest BCUT2D eigenvalue weighted by atomic mass is 32.1. The largest absolute Gasteiger partial charge is 0.493 e. The highest BCUT2D eigenvalue weighted by Gasteiger charge is 2.18. The molecule has 1 aliphatic heterocycles. The Bertz CT molecular complexity index is 669. The Morgan fingerprint density at radius 3 is 3.13 bits per heavy atom. The Morgan fingerprint density at radius 2 is 2.30 bits per heavy atom. The molecule has 1 N–H and O–H groups in total. The highest BCUT2D eigenvalue weighted by Crippen LogP contribution is 2.26. The molecule has 1 amide bonds. The van der Waals surface area contributed by atoms with Crippen molar-refractivity contribution in [3.05, 3.63) is 45.9 Å². The van der Waals surface area contributed by atoms with Gasteiger partial charge in [-0.05, 0) is 43.7 Å². The predicted molar refractivity (Wildman–Crippen MR) is 91.9 cm³/mol. The maximum absolute atomic E-state index is 12.1. The van der Waals surface area contributed by atoms with Gasteiger partial charge in [-0.25, -0.2) is 4.98 Å². The molecule has 1 atom stereocenters. The molecule has 0 unspecified atom stereocenters. The van der Waals surface area contributed by atoms with Crippen molar-refractivity contribution in [1.82, 2.24) is 10.3 Å². The molecular formula is C18H22N2O2S. The van der Waals surface area contributed by atoms with Crippen molar-refractivity contribution >= 4 is 17.2 Å². The van der Waals surface area contributed by atoms with Gasteiger partial charge in [0.2, 0.25) is 5.91 Å². The summed E-state index contributed by atoms with van der Waals surface area (Å²) < 4.78 is 5.78. The van der Waals surface area contributed by atoms with Crippen LogP contribution in [0.2, 0.25) is 0 Å². The standard InChI is InChI=1S/C18H22N2O2S/c1-13-17(23-12-20-13)6-7-18(21)19-11-14-8-9-22-16-5-3-2-4-15(16)10-14/h2-5,12,14H,6-11H2,1H3,(H,19,21)/t14-/m0/s1. The van der Waals surface area contributed by atoms with Crippen LogP contribution < -0.4 is 10.1 Å². The lowest BCUT2D eigenvalue weighted by molar-refractivity contribution is -0.121. The highest BCUT2D eigenvalue weighted by molar-refractivity contribution is 7.09. The van der Waals surface area contributed by atoms with E-state index in [1.54, 1.807) is 11.3 Å². The van der Waals surface area contributed by atoms with E-state index in [-0.39, 0.29) is 5.91 Å². The molecule has 23 heavy (non-hydrogen) atoms. The monoisotopic (exact) mass is 330 g/mol. The number of nitrogens with zero attached hydrogens (tertiary/aromatic N) is 1. The minimum Gasteiger partial charge on any atom is -0.493 e. The molecule has 0 radical (unpaired) electrons. The molecule has 5 heteroatoms. The summed E-state index contributed by atoms with van der Waals surface area (Å²) in [6, 6.07) is 8.18. The van der Waals surface area contributed by atoms with E-state index in [4.69, 9.17) is 4.74 Å². The van der Waals surface area contributed by atoms with Crippen molar-refractivity contribution in [2.24, 2.45) is 5.92 Å². The zero-order chi connectivity index (χ0) is 16.1. The average molecular weight is 330 g/mol. The molecule has 0 saturated heterocycles. The number of thiazole rings is 1. The molecule has 0 fully saturated rings. The van der Waals surface area contributed by atoms with Crippen molar-refractivity contribution < 1.29 is 9.53 Å². The van der Waals surface area contributed by atoms with E-state index in [9.17, 15) is 4.79 Å². The van der Waals surface area contributed by atoms with E-state index in [0.717, 1.165) is 43.9 Å². The molecule has 2 heterocycles. The van der Waals surface area contributed by atoms with E-state index in [1.165, 1.54) is 10.4 Å². The summed E-state index contributed by atoms with van der Waals surface area (Å²) in [5.41, 5.74) is 4.12. The molecule has 1 aliphatic rings. The summed E-state index contributed by atoms with van der Waals surface area (Å²) in [4.78, 5) is 17.5. The molecule has 4 nitrogen and oxygen atoms in total. The van der Waals surface area contributed by atoms with Gasteiger partial charge in [-0.3, -0.25) is 4.79 Å². The van der Waals surface area contributed by atoms with Crippen molar-refractivity contribution in [3.63, 3.8) is 0 Å². The van der Waals surface area contributed by atoms with Crippen LogP contribution in [0, 0.1) is 12.8 Å². The predicted octanol–water partition coefficient (Wildman–Crippen LogP) is 3.14. The van der Waals surface area contributed by atoms with Gasteiger partial charge in [0.1, 0.15) is 5.75 Å². The van der Waals surface area contributed by atoms with Crippen LogP contribution in [0.3, 0.4) is 0 Å². The van der Waals surface area contributed by atoms with Crippen molar-refractivity contribution in [2.45, 2.75) is 32.6 Å². The number of carbonyl (C=O) groups is 1. The lowest BCUT2D eigenvalue weighted by Gasteiger charge is -2.14. The lowest BCUT2D eigenvalue weighted by Crippen LogP contribution is -2.30. The van der Waals surface area contributed by atoms with Gasteiger partial charge >= 0.3 is 0 Å². The minimum atomic E-state index is 0.122. The smallest absolute Gasteiger partial charge is 0.220 e. The molecule has 0 bridgehead atoms. The second-order valence-corrected chi connectivity index (χ2v) is 6.92. The van der Waals surface area contributed by atoms with Crippen LogP contribution >= 0.6 is 11.3 Å². The average Bonchev–Trinajstić information content (AvgIpc) is 2.85. The third kappa shape index (κ3) is 4.32. The molecule has 3 rings (SSSR count). The number of carbonyl (C=O) groups excluding carboxylic acids is 1. The quantitative estimate of drug-likeness (QED) is 0.916. The SMILES string of the molecule is Cc1ncsc1CCC(=O)NC[C@H]1CCOc2ccccc2C1. The summed E-state index contributed by atoms with van der Waals surface area (Å²) in [5.74, 6) is 1.55. The van der Waals surface area contributed by atoms with Crippen LogP contribution in [0.25, 0.3) is 0 Å². The second kappa shape index (κ2) is 7.59. The van der Waals surface area contributed by atoms with Crippen LogP contribution in [0.15, 0.2) is 29.8 Å². The first-order chi connectivity index (χ1) is 11.2. The number of fused-ring (bicyclic) bond motifs is 1. The van der Waals surface area contributed by atoms with E-state index in [0.29, 0.717) is 12.3 Å². The lowest BCUT2D eigenvalue weighted by atomic mass is 9.97. The van der Waals surface area contributed by atoms with Crippen LogP contribution in [0.1, 0.15) is 29.0 Å². The number of amides is 1. The van der Waals surface area contributed by atoms with Gasteiger partial charge in [0, 0.05) is 17.8 Å². The molecule has 1 aromatic carbocycles. The maximum Gasteiger partial charge on any atom is 0.220 e. The second-order valence-electron chi connectivity index (χ2n) is 5.98. The van der Waals surface area contributed by atoms with E-state index in [1.807, 2.05) is 30.6 Å². The van der Waals surface area contributed by atoms with Crippen LogP contribution in [-0.2, 0) is 17.6 Å². The molecule has 1 aromatic heterocycles. The van der Waals surface area contributed by atoms with Gasteiger partial charge in [-0.15, -0.1) is 11.3 Å². The molecular weight excluding hydrogens is 308 g/mol. The van der Waals surface area contributed by atoms with Gasteiger partial charge in [0.25, 0.3) is 0 Å². The number of aromatic nitrogens is 1. The molecule has 0 spiro atoms. The number of aryl methyl sites for hydroxylation is 2. The van der Waals surface area contributed by atoms with E-state index >= 15 is 0 Å². The molecule has 122 valence electrons. The summed E-state index contributed by atoms with van der Waals surface area (Å²) in [6.45, 7) is 3.43. The Kier molecular flexibility index (Phi) is 5.28. The Hall–Kier alpha value is -1.88. The van der Waals surface area contributed by atoms with Crippen molar-refractivity contribution in [1.29, 1.82) is 0 Å². The third-order valence-electron chi connectivity index (χ3n) is 4.28. The van der Waals surface area contributed by atoms with Gasteiger partial charge in [-0.2, -0.15) is 0 Å². The zero-order valence-corrected chi connectivity index (χ0v) is 14.2. The Balaban J connectivity index is 1.46. The molecule has 2 aromatic rings.